The summed E-state index contributed by atoms with van der Waals surface area (Å²) in [6.45, 7) is 2.42. The summed E-state index contributed by atoms with van der Waals surface area (Å²) in [5.41, 5.74) is 0.657. The molecule has 1 amide bonds. The smallest absolute Gasteiger partial charge is 0.268 e. The van der Waals surface area contributed by atoms with E-state index in [9.17, 15) is 14.0 Å². The van der Waals surface area contributed by atoms with Crippen LogP contribution < -0.4 is 15.6 Å². The summed E-state index contributed by atoms with van der Waals surface area (Å²) in [5.74, 6) is -0.340. The molecule has 4 aromatic rings. The Kier molecular flexibility index (Phi) is 6.46. The predicted octanol–water partition coefficient (Wildman–Crippen LogP) is 4.05. The van der Waals surface area contributed by atoms with Crippen LogP contribution in [0.25, 0.3) is 16.7 Å². The molecule has 0 fully saturated rings. The molecule has 0 aliphatic carbocycles. The first kappa shape index (κ1) is 21.5. The van der Waals surface area contributed by atoms with Gasteiger partial charge in [-0.1, -0.05) is 23.9 Å². The quantitative estimate of drug-likeness (QED) is 0.338. The first-order chi connectivity index (χ1) is 15.6. The lowest BCUT2D eigenvalue weighted by Crippen LogP contribution is -2.23. The van der Waals surface area contributed by atoms with Crippen LogP contribution in [0.4, 0.5) is 10.1 Å². The van der Waals surface area contributed by atoms with Crippen LogP contribution in [0, 0.1) is 5.82 Å². The first-order valence-electron chi connectivity index (χ1n) is 9.85. The van der Waals surface area contributed by atoms with Gasteiger partial charge in [-0.3, -0.25) is 14.2 Å². The summed E-state index contributed by atoms with van der Waals surface area (Å²) >= 11 is 1.06. The first-order valence-corrected chi connectivity index (χ1v) is 10.8. The summed E-state index contributed by atoms with van der Waals surface area (Å²) in [7, 11) is 0. The Morgan fingerprint density at radius 2 is 1.91 bits per heavy atom. The third-order valence-corrected chi connectivity index (χ3v) is 5.44. The molecule has 7 nitrogen and oxygen atoms in total. The van der Waals surface area contributed by atoms with Gasteiger partial charge < -0.3 is 10.1 Å². The predicted molar refractivity (Wildman–Crippen MR) is 122 cm³/mol. The zero-order chi connectivity index (χ0) is 22.5. The van der Waals surface area contributed by atoms with Crippen LogP contribution in [0.2, 0.25) is 0 Å². The maximum Gasteiger partial charge on any atom is 0.268 e. The van der Waals surface area contributed by atoms with E-state index in [1.165, 1.54) is 16.7 Å². The molecule has 9 heteroatoms. The molecule has 2 aromatic heterocycles. The molecule has 1 N–H and O–H groups in total. The third kappa shape index (κ3) is 4.62. The number of halogens is 1. The molecular weight excluding hydrogens is 431 g/mol. The van der Waals surface area contributed by atoms with Gasteiger partial charge >= 0.3 is 0 Å². The number of carbonyl (C=O) groups is 1. The minimum Gasteiger partial charge on any atom is -0.494 e. The number of aromatic nitrogens is 3. The summed E-state index contributed by atoms with van der Waals surface area (Å²) in [5, 5.41) is 3.19. The Labute approximate surface area is 187 Å². The Hall–Kier alpha value is -3.72. The largest absolute Gasteiger partial charge is 0.494 e. The van der Waals surface area contributed by atoms with Gasteiger partial charge in [0.1, 0.15) is 11.6 Å². The summed E-state index contributed by atoms with van der Waals surface area (Å²) in [6.07, 6.45) is 1.55. The molecule has 32 heavy (non-hydrogen) atoms. The molecule has 0 saturated carbocycles. The van der Waals surface area contributed by atoms with Crippen molar-refractivity contribution < 1.29 is 13.9 Å². The monoisotopic (exact) mass is 450 g/mol. The van der Waals surface area contributed by atoms with Gasteiger partial charge in [-0.15, -0.1) is 0 Å². The van der Waals surface area contributed by atoms with Gasteiger partial charge in [-0.05, 0) is 55.5 Å². The van der Waals surface area contributed by atoms with Gasteiger partial charge in [0.05, 0.1) is 29.1 Å². The van der Waals surface area contributed by atoms with Crippen LogP contribution in [0.3, 0.4) is 0 Å². The van der Waals surface area contributed by atoms with Crippen molar-refractivity contribution in [2.24, 2.45) is 0 Å². The van der Waals surface area contributed by atoms with E-state index in [-0.39, 0.29) is 22.6 Å². The molecule has 0 bridgehead atoms. The molecule has 0 atom stereocenters. The Morgan fingerprint density at radius 3 is 2.66 bits per heavy atom. The van der Waals surface area contributed by atoms with Crippen molar-refractivity contribution in [2.45, 2.75) is 12.1 Å². The maximum atomic E-state index is 13.8. The van der Waals surface area contributed by atoms with Crippen molar-refractivity contribution in [3.05, 3.63) is 83.0 Å². The molecule has 4 rings (SSSR count). The number of amides is 1. The minimum atomic E-state index is -0.523. The number of hydrogen-bond acceptors (Lipinski definition) is 6. The third-order valence-electron chi connectivity index (χ3n) is 4.50. The number of para-hydroxylation sites is 1. The molecule has 0 saturated heterocycles. The number of pyridine rings is 1. The molecule has 0 spiro atoms. The Balaban J connectivity index is 1.66. The summed E-state index contributed by atoms with van der Waals surface area (Å²) in [6, 6.07) is 16.3. The van der Waals surface area contributed by atoms with Crippen LogP contribution in [0.1, 0.15) is 6.92 Å². The normalized spacial score (nSPS) is 10.8. The highest BCUT2D eigenvalue weighted by molar-refractivity contribution is 7.99. The molecule has 2 aromatic carbocycles. The number of benzene rings is 2. The van der Waals surface area contributed by atoms with E-state index in [4.69, 9.17) is 4.74 Å². The van der Waals surface area contributed by atoms with Gasteiger partial charge in [-0.25, -0.2) is 14.4 Å². The fraction of sp³-hybridized carbons (Fsp3) is 0.130. The van der Waals surface area contributed by atoms with E-state index in [0.717, 1.165) is 11.8 Å². The number of nitrogens with one attached hydrogen (secondary N) is 1. The lowest BCUT2D eigenvalue weighted by atomic mass is 10.3. The second-order valence-corrected chi connectivity index (χ2v) is 7.60. The van der Waals surface area contributed by atoms with Crippen molar-refractivity contribution in [1.82, 2.24) is 14.5 Å². The van der Waals surface area contributed by atoms with Crippen molar-refractivity contribution in [1.29, 1.82) is 0 Å². The lowest BCUT2D eigenvalue weighted by Gasteiger charge is -2.13. The van der Waals surface area contributed by atoms with E-state index >= 15 is 0 Å². The average Bonchev–Trinajstić information content (AvgIpc) is 2.80. The van der Waals surface area contributed by atoms with Gasteiger partial charge in [0, 0.05) is 6.20 Å². The van der Waals surface area contributed by atoms with E-state index < -0.39 is 11.7 Å². The fourth-order valence-electron chi connectivity index (χ4n) is 3.06. The van der Waals surface area contributed by atoms with Crippen LogP contribution in [0.5, 0.6) is 5.75 Å². The highest BCUT2D eigenvalue weighted by Gasteiger charge is 2.16. The molecule has 0 radical (unpaired) electrons. The molecule has 0 unspecified atom stereocenters. The van der Waals surface area contributed by atoms with Crippen LogP contribution in [0.15, 0.2) is 76.8 Å². The van der Waals surface area contributed by atoms with E-state index in [2.05, 4.69) is 15.3 Å². The fourth-order valence-corrected chi connectivity index (χ4v) is 3.86. The van der Waals surface area contributed by atoms with Crippen LogP contribution in [-0.4, -0.2) is 32.8 Å². The highest BCUT2D eigenvalue weighted by Crippen LogP contribution is 2.23. The SMILES string of the molecule is CCOc1ccc(-n2c(SCC(=O)Nc3ccccc3F)nc3ncccc3c2=O)cc1. The van der Waals surface area contributed by atoms with Crippen molar-refractivity contribution in [3.8, 4) is 11.4 Å². The van der Waals surface area contributed by atoms with Gasteiger partial charge in [-0.2, -0.15) is 0 Å². The Bertz CT molecular complexity index is 1330. The number of anilines is 1. The number of thioether (sulfide) groups is 1. The number of carbonyl (C=O) groups excluding carboxylic acids is 1. The molecule has 2 heterocycles. The second kappa shape index (κ2) is 9.61. The molecule has 162 valence electrons. The number of ether oxygens (including phenoxy) is 1. The Morgan fingerprint density at radius 1 is 1.12 bits per heavy atom. The van der Waals surface area contributed by atoms with Crippen LogP contribution >= 0.6 is 11.8 Å². The number of hydrogen-bond donors (Lipinski definition) is 1. The van der Waals surface area contributed by atoms with Crippen LogP contribution in [-0.2, 0) is 4.79 Å². The minimum absolute atomic E-state index is 0.0733. The molecule has 0 aliphatic rings. The lowest BCUT2D eigenvalue weighted by molar-refractivity contribution is -0.113. The maximum absolute atomic E-state index is 13.8. The number of nitrogens with zero attached hydrogens (tertiary/aromatic N) is 3. The summed E-state index contributed by atoms with van der Waals surface area (Å²) in [4.78, 5) is 34.3. The standard InChI is InChI=1S/C23H19FN4O3S/c1-2-31-16-11-9-15(10-12-16)28-22(30)17-6-5-13-25-21(17)27-23(28)32-14-20(29)26-19-8-4-3-7-18(19)24/h3-13H,2,14H2,1H3,(H,26,29). The van der Waals surface area contributed by atoms with E-state index in [0.29, 0.717) is 28.6 Å². The van der Waals surface area contributed by atoms with Gasteiger partial charge in [0.2, 0.25) is 5.91 Å². The second-order valence-electron chi connectivity index (χ2n) is 6.65. The van der Waals surface area contributed by atoms with Gasteiger partial charge in [0.15, 0.2) is 10.8 Å². The average molecular weight is 450 g/mol. The molecule has 0 aliphatic heterocycles. The zero-order valence-electron chi connectivity index (χ0n) is 17.1. The van der Waals surface area contributed by atoms with Gasteiger partial charge in [0.25, 0.3) is 5.56 Å². The topological polar surface area (TPSA) is 86.1 Å². The number of fused-ring (bicyclic) bond motifs is 1. The zero-order valence-corrected chi connectivity index (χ0v) is 17.9. The van der Waals surface area contributed by atoms with Crippen molar-refractivity contribution in [3.63, 3.8) is 0 Å². The highest BCUT2D eigenvalue weighted by atomic mass is 32.2. The van der Waals surface area contributed by atoms with E-state index in [1.54, 1.807) is 54.7 Å². The van der Waals surface area contributed by atoms with Crippen molar-refractivity contribution >= 4 is 34.4 Å². The molecular formula is C23H19FN4O3S. The number of rotatable bonds is 7. The van der Waals surface area contributed by atoms with E-state index in [1.807, 2.05) is 6.92 Å². The van der Waals surface area contributed by atoms with Crippen molar-refractivity contribution in [2.75, 3.05) is 17.7 Å². The summed E-state index contributed by atoms with van der Waals surface area (Å²) < 4.78 is 20.7.